The largest absolute Gasteiger partial charge is 0.389 e. The zero-order valence-electron chi connectivity index (χ0n) is 14.2. The van der Waals surface area contributed by atoms with Crippen LogP contribution in [0.5, 0.6) is 0 Å². The van der Waals surface area contributed by atoms with E-state index in [4.69, 9.17) is 5.10 Å². The normalized spacial score (nSPS) is 26.0. The Bertz CT molecular complexity index is 448. The average molecular weight is 292 g/mol. The first-order chi connectivity index (χ1) is 9.87. The lowest BCUT2D eigenvalue weighted by Crippen LogP contribution is -2.31. The molecule has 0 saturated heterocycles. The number of nitrogens with zero attached hydrogens (tertiary/aromatic N) is 2. The van der Waals surface area contributed by atoms with Gasteiger partial charge in [0.15, 0.2) is 0 Å². The first-order valence-electron chi connectivity index (χ1n) is 8.64. The molecule has 0 radical (unpaired) electrons. The summed E-state index contributed by atoms with van der Waals surface area (Å²) in [6.07, 6.45) is 10.3. The number of rotatable bonds is 5. The van der Waals surface area contributed by atoms with Crippen molar-refractivity contribution in [3.63, 3.8) is 0 Å². The Hall–Kier alpha value is -0.830. The van der Waals surface area contributed by atoms with Gasteiger partial charge in [0.05, 0.1) is 17.3 Å². The van der Waals surface area contributed by atoms with Crippen LogP contribution in [-0.2, 0) is 6.42 Å². The van der Waals surface area contributed by atoms with Crippen molar-refractivity contribution >= 4 is 0 Å². The van der Waals surface area contributed by atoms with Gasteiger partial charge in [-0.3, -0.25) is 4.68 Å². The van der Waals surface area contributed by atoms with Gasteiger partial charge in [-0.2, -0.15) is 5.10 Å². The molecule has 3 heteroatoms. The molecule has 1 heterocycles. The Kier molecular flexibility index (Phi) is 5.13. The Balaban J connectivity index is 2.03. The molecule has 0 amide bonds. The van der Waals surface area contributed by atoms with Gasteiger partial charge in [0, 0.05) is 12.6 Å². The van der Waals surface area contributed by atoms with Crippen molar-refractivity contribution in [2.75, 3.05) is 0 Å². The minimum atomic E-state index is -0.555. The van der Waals surface area contributed by atoms with Crippen LogP contribution in [0.25, 0.3) is 0 Å². The molecular formula is C18H32N2O. The van der Waals surface area contributed by atoms with Crippen molar-refractivity contribution in [2.24, 2.45) is 5.41 Å². The molecule has 2 rings (SSSR count). The van der Waals surface area contributed by atoms with Crippen LogP contribution in [0.15, 0.2) is 12.3 Å². The van der Waals surface area contributed by atoms with Gasteiger partial charge in [0.1, 0.15) is 0 Å². The van der Waals surface area contributed by atoms with E-state index in [1.54, 1.807) is 0 Å². The molecule has 21 heavy (non-hydrogen) atoms. The van der Waals surface area contributed by atoms with Gasteiger partial charge in [0.2, 0.25) is 0 Å². The van der Waals surface area contributed by atoms with Gasteiger partial charge in [-0.25, -0.2) is 0 Å². The van der Waals surface area contributed by atoms with E-state index >= 15 is 0 Å². The first kappa shape index (κ1) is 16.5. The fourth-order valence-corrected chi connectivity index (χ4v) is 3.57. The van der Waals surface area contributed by atoms with Gasteiger partial charge < -0.3 is 5.11 Å². The van der Waals surface area contributed by atoms with Crippen LogP contribution in [0.2, 0.25) is 0 Å². The molecule has 0 aromatic carbocycles. The van der Waals surface area contributed by atoms with E-state index in [2.05, 4.69) is 44.6 Å². The van der Waals surface area contributed by atoms with Crippen LogP contribution < -0.4 is 0 Å². The SMILES string of the molecule is CCC(CC)n1ccc(CC2(O)CCCC(C)(C)CC2)n1. The number of aromatic nitrogens is 2. The molecular weight excluding hydrogens is 260 g/mol. The van der Waals surface area contributed by atoms with Gasteiger partial charge in [-0.05, 0) is 50.0 Å². The summed E-state index contributed by atoms with van der Waals surface area (Å²) in [6, 6.07) is 2.58. The standard InChI is InChI=1S/C18H32N2O/c1-5-16(6-2)20-13-8-15(19-20)14-18(21)10-7-9-17(3,4)11-12-18/h8,13,16,21H,5-7,9-12,14H2,1-4H3. The average Bonchev–Trinajstić information content (AvgIpc) is 2.80. The van der Waals surface area contributed by atoms with E-state index in [0.717, 1.165) is 44.2 Å². The second-order valence-corrected chi connectivity index (χ2v) is 7.68. The third kappa shape index (κ3) is 4.32. The lowest BCUT2D eigenvalue weighted by molar-refractivity contribution is 0.0215. The molecule has 0 aliphatic heterocycles. The van der Waals surface area contributed by atoms with Gasteiger partial charge in [-0.15, -0.1) is 0 Å². The highest BCUT2D eigenvalue weighted by Crippen LogP contribution is 2.39. The second kappa shape index (κ2) is 6.51. The summed E-state index contributed by atoms with van der Waals surface area (Å²) in [6.45, 7) is 9.05. The minimum Gasteiger partial charge on any atom is -0.389 e. The van der Waals surface area contributed by atoms with Gasteiger partial charge in [-0.1, -0.05) is 34.1 Å². The van der Waals surface area contributed by atoms with Crippen LogP contribution in [0, 0.1) is 5.41 Å². The Morgan fingerprint density at radius 1 is 1.19 bits per heavy atom. The van der Waals surface area contributed by atoms with E-state index in [1.807, 2.05) is 0 Å². The molecule has 1 saturated carbocycles. The van der Waals surface area contributed by atoms with Gasteiger partial charge in [0.25, 0.3) is 0 Å². The lowest BCUT2D eigenvalue weighted by Gasteiger charge is -2.27. The van der Waals surface area contributed by atoms with Crippen molar-refractivity contribution in [1.82, 2.24) is 9.78 Å². The van der Waals surface area contributed by atoms with Crippen molar-refractivity contribution < 1.29 is 5.11 Å². The van der Waals surface area contributed by atoms with Crippen LogP contribution in [0.1, 0.15) is 84.4 Å². The molecule has 3 nitrogen and oxygen atoms in total. The highest BCUT2D eigenvalue weighted by atomic mass is 16.3. The predicted octanol–water partition coefficient (Wildman–Crippen LogP) is 4.51. The molecule has 1 unspecified atom stereocenters. The number of hydrogen-bond donors (Lipinski definition) is 1. The fraction of sp³-hybridized carbons (Fsp3) is 0.833. The first-order valence-corrected chi connectivity index (χ1v) is 8.64. The van der Waals surface area contributed by atoms with E-state index in [1.165, 1.54) is 6.42 Å². The fourth-order valence-electron chi connectivity index (χ4n) is 3.57. The Morgan fingerprint density at radius 2 is 1.90 bits per heavy atom. The molecule has 1 fully saturated rings. The van der Waals surface area contributed by atoms with Crippen LogP contribution in [0.3, 0.4) is 0 Å². The zero-order valence-corrected chi connectivity index (χ0v) is 14.2. The van der Waals surface area contributed by atoms with E-state index in [-0.39, 0.29) is 0 Å². The van der Waals surface area contributed by atoms with Gasteiger partial charge >= 0.3 is 0 Å². The maximum Gasteiger partial charge on any atom is 0.0703 e. The maximum absolute atomic E-state index is 10.9. The topological polar surface area (TPSA) is 38.0 Å². The van der Waals surface area contributed by atoms with Crippen LogP contribution >= 0.6 is 0 Å². The van der Waals surface area contributed by atoms with Crippen molar-refractivity contribution in [3.8, 4) is 0 Å². The summed E-state index contributed by atoms with van der Waals surface area (Å²) in [5.41, 5.74) is 0.865. The highest BCUT2D eigenvalue weighted by Gasteiger charge is 2.34. The molecule has 1 atom stereocenters. The Morgan fingerprint density at radius 3 is 2.57 bits per heavy atom. The van der Waals surface area contributed by atoms with Crippen molar-refractivity contribution in [3.05, 3.63) is 18.0 Å². The van der Waals surface area contributed by atoms with Crippen LogP contribution in [-0.4, -0.2) is 20.5 Å². The summed E-state index contributed by atoms with van der Waals surface area (Å²) in [5, 5.41) is 15.7. The number of aliphatic hydroxyl groups is 1. The molecule has 0 spiro atoms. The smallest absolute Gasteiger partial charge is 0.0703 e. The molecule has 0 bridgehead atoms. The third-order valence-corrected chi connectivity index (χ3v) is 5.25. The molecule has 1 aromatic rings. The molecule has 1 aromatic heterocycles. The third-order valence-electron chi connectivity index (χ3n) is 5.25. The monoisotopic (exact) mass is 292 g/mol. The lowest BCUT2D eigenvalue weighted by atomic mass is 9.83. The zero-order chi connectivity index (χ0) is 15.5. The summed E-state index contributed by atoms with van der Waals surface area (Å²) in [5.74, 6) is 0. The molecule has 1 aliphatic rings. The second-order valence-electron chi connectivity index (χ2n) is 7.68. The van der Waals surface area contributed by atoms with E-state index in [9.17, 15) is 5.11 Å². The highest BCUT2D eigenvalue weighted by molar-refractivity contribution is 5.05. The number of hydrogen-bond acceptors (Lipinski definition) is 2. The van der Waals surface area contributed by atoms with Crippen molar-refractivity contribution in [1.29, 1.82) is 0 Å². The summed E-state index contributed by atoms with van der Waals surface area (Å²) in [7, 11) is 0. The Labute approximate surface area is 129 Å². The maximum atomic E-state index is 10.9. The molecule has 1 N–H and O–H groups in total. The minimum absolute atomic E-state index is 0.374. The quantitative estimate of drug-likeness (QED) is 0.811. The summed E-state index contributed by atoms with van der Waals surface area (Å²) < 4.78 is 2.08. The van der Waals surface area contributed by atoms with Crippen LogP contribution in [0.4, 0.5) is 0 Å². The molecule has 120 valence electrons. The van der Waals surface area contributed by atoms with Crippen molar-refractivity contribution in [2.45, 2.75) is 90.7 Å². The molecule has 1 aliphatic carbocycles. The summed E-state index contributed by atoms with van der Waals surface area (Å²) >= 11 is 0. The summed E-state index contributed by atoms with van der Waals surface area (Å²) in [4.78, 5) is 0. The van der Waals surface area contributed by atoms with E-state index < -0.39 is 5.60 Å². The predicted molar refractivity (Wildman–Crippen MR) is 87.4 cm³/mol. The van der Waals surface area contributed by atoms with E-state index in [0.29, 0.717) is 17.9 Å².